The van der Waals surface area contributed by atoms with Crippen LogP contribution in [0.4, 0.5) is 4.79 Å². The second-order valence-corrected chi connectivity index (χ2v) is 15.3. The van der Waals surface area contributed by atoms with Crippen LogP contribution in [0.2, 0.25) is 18.1 Å². The Bertz CT molecular complexity index is 488. The van der Waals surface area contributed by atoms with E-state index in [9.17, 15) is 15.0 Å². The van der Waals surface area contributed by atoms with Gasteiger partial charge in [0.25, 0.3) is 0 Å². The van der Waals surface area contributed by atoms with Gasteiger partial charge in [0.15, 0.2) is 8.32 Å². The first-order valence-electron chi connectivity index (χ1n) is 10.0. The van der Waals surface area contributed by atoms with Gasteiger partial charge in [-0.15, -0.1) is 0 Å². The molecule has 1 aliphatic rings. The molecule has 0 bridgehead atoms. The second kappa shape index (κ2) is 8.80. The molecule has 0 aromatic carbocycles. The maximum atomic E-state index is 12.3. The van der Waals surface area contributed by atoms with Crippen LogP contribution in [0.1, 0.15) is 60.8 Å². The number of carbonyl (C=O) groups is 1. The number of hydrogen-bond acceptors (Lipinski definition) is 5. The third-order valence-electron chi connectivity index (χ3n) is 5.94. The first-order chi connectivity index (χ1) is 12.1. The summed E-state index contributed by atoms with van der Waals surface area (Å²) in [4.78, 5) is 14.0. The van der Waals surface area contributed by atoms with Crippen molar-refractivity contribution in [3.05, 3.63) is 0 Å². The third kappa shape index (κ3) is 7.04. The van der Waals surface area contributed by atoms with E-state index >= 15 is 0 Å². The zero-order chi connectivity index (χ0) is 21.1. The van der Waals surface area contributed by atoms with Gasteiger partial charge in [-0.05, 0) is 63.6 Å². The molecular formula is C20H41NO5Si. The first kappa shape index (κ1) is 24.4. The molecular weight excluding hydrogens is 362 g/mol. The maximum Gasteiger partial charge on any atom is 0.410 e. The Hall–Kier alpha value is -0.633. The van der Waals surface area contributed by atoms with Gasteiger partial charge in [-0.3, -0.25) is 0 Å². The van der Waals surface area contributed by atoms with Gasteiger partial charge in [-0.25, -0.2) is 4.79 Å². The minimum atomic E-state index is -2.00. The molecule has 1 atom stereocenters. The summed E-state index contributed by atoms with van der Waals surface area (Å²) >= 11 is 0. The van der Waals surface area contributed by atoms with E-state index in [0.717, 1.165) is 0 Å². The Labute approximate surface area is 166 Å². The molecule has 0 spiro atoms. The Morgan fingerprint density at radius 1 is 1.11 bits per heavy atom. The molecule has 0 unspecified atom stereocenters. The summed E-state index contributed by atoms with van der Waals surface area (Å²) in [5.74, 6) is 0. The number of piperidine rings is 1. The number of carbonyl (C=O) groups excluding carboxylic acids is 1. The Morgan fingerprint density at radius 3 is 2.00 bits per heavy atom. The van der Waals surface area contributed by atoms with Crippen LogP contribution in [-0.2, 0) is 9.16 Å². The molecule has 0 aromatic heterocycles. The van der Waals surface area contributed by atoms with Crippen LogP contribution in [0.3, 0.4) is 0 Å². The zero-order valence-corrected chi connectivity index (χ0v) is 19.6. The van der Waals surface area contributed by atoms with E-state index in [1.165, 1.54) is 0 Å². The fourth-order valence-corrected chi connectivity index (χ4v) is 4.48. The average Bonchev–Trinajstić information content (AvgIpc) is 2.51. The quantitative estimate of drug-likeness (QED) is 0.660. The average molecular weight is 404 g/mol. The number of amides is 1. The Balaban J connectivity index is 2.73. The number of ether oxygens (including phenoxy) is 1. The molecule has 0 saturated carbocycles. The van der Waals surface area contributed by atoms with E-state index in [0.29, 0.717) is 32.4 Å². The van der Waals surface area contributed by atoms with Crippen molar-refractivity contribution in [2.45, 2.75) is 90.6 Å². The number of rotatable bonds is 6. The van der Waals surface area contributed by atoms with Crippen LogP contribution in [0.15, 0.2) is 0 Å². The molecule has 0 aliphatic carbocycles. The van der Waals surface area contributed by atoms with Crippen molar-refractivity contribution < 1.29 is 24.2 Å². The lowest BCUT2D eigenvalue weighted by molar-refractivity contribution is -0.0230. The minimum Gasteiger partial charge on any atom is -0.444 e. The highest BCUT2D eigenvalue weighted by Crippen LogP contribution is 2.41. The molecule has 1 aliphatic heterocycles. The summed E-state index contributed by atoms with van der Waals surface area (Å²) in [6, 6.07) is 0. The predicted molar refractivity (Wildman–Crippen MR) is 110 cm³/mol. The van der Waals surface area contributed by atoms with Gasteiger partial charge in [-0.2, -0.15) is 0 Å². The fraction of sp³-hybridized carbons (Fsp3) is 0.950. The van der Waals surface area contributed by atoms with Gasteiger partial charge in [0.1, 0.15) is 5.60 Å². The fourth-order valence-electron chi connectivity index (χ4n) is 3.14. The molecule has 1 fully saturated rings. The number of hydrogen-bond donors (Lipinski definition) is 2. The van der Waals surface area contributed by atoms with Crippen molar-refractivity contribution in [1.29, 1.82) is 0 Å². The summed E-state index contributed by atoms with van der Waals surface area (Å²) in [5, 5.41) is 20.1. The lowest BCUT2D eigenvalue weighted by atomic mass is 9.75. The molecule has 7 heteroatoms. The zero-order valence-electron chi connectivity index (χ0n) is 18.6. The number of aliphatic hydroxyl groups is 2. The van der Waals surface area contributed by atoms with Crippen molar-refractivity contribution in [2.24, 2.45) is 5.41 Å². The monoisotopic (exact) mass is 403 g/mol. The summed E-state index contributed by atoms with van der Waals surface area (Å²) < 4.78 is 11.8. The standard InChI is InChI=1S/C20H41NO5Si/c1-18(2,3)25-17(24)21-11-9-20(15-23,10-12-21)13-16(14-22)26-27(7,8)19(4,5)6/h16,22-23H,9-15H2,1-8H3/t16-/m0/s1. The highest BCUT2D eigenvalue weighted by molar-refractivity contribution is 6.74. The van der Waals surface area contributed by atoms with E-state index in [1.807, 2.05) is 20.8 Å². The molecule has 1 rings (SSSR count). The molecule has 2 N–H and O–H groups in total. The van der Waals surface area contributed by atoms with Crippen LogP contribution in [0.25, 0.3) is 0 Å². The smallest absolute Gasteiger partial charge is 0.410 e. The molecule has 27 heavy (non-hydrogen) atoms. The van der Waals surface area contributed by atoms with Crippen LogP contribution in [0.5, 0.6) is 0 Å². The Kier molecular flexibility index (Phi) is 7.96. The largest absolute Gasteiger partial charge is 0.444 e. The first-order valence-corrected chi connectivity index (χ1v) is 12.9. The van der Waals surface area contributed by atoms with Gasteiger partial charge >= 0.3 is 6.09 Å². The highest BCUT2D eigenvalue weighted by atomic mass is 28.4. The normalized spacial score (nSPS) is 19.7. The van der Waals surface area contributed by atoms with Crippen LogP contribution < -0.4 is 0 Å². The maximum absolute atomic E-state index is 12.3. The van der Waals surface area contributed by atoms with Gasteiger partial charge in [0, 0.05) is 19.7 Å². The number of likely N-dealkylation sites (tertiary alicyclic amines) is 1. The number of aliphatic hydroxyl groups excluding tert-OH is 2. The number of nitrogens with zero attached hydrogens (tertiary/aromatic N) is 1. The van der Waals surface area contributed by atoms with E-state index in [2.05, 4.69) is 33.9 Å². The topological polar surface area (TPSA) is 79.2 Å². The van der Waals surface area contributed by atoms with Crippen molar-refractivity contribution in [2.75, 3.05) is 26.3 Å². The van der Waals surface area contributed by atoms with E-state index in [4.69, 9.17) is 9.16 Å². The van der Waals surface area contributed by atoms with Crippen molar-refractivity contribution >= 4 is 14.4 Å². The Morgan fingerprint density at radius 2 is 1.63 bits per heavy atom. The van der Waals surface area contributed by atoms with Gasteiger partial charge in [0.2, 0.25) is 0 Å². The van der Waals surface area contributed by atoms with E-state index < -0.39 is 13.9 Å². The summed E-state index contributed by atoms with van der Waals surface area (Å²) in [6.45, 7) is 17.5. The van der Waals surface area contributed by atoms with Crippen LogP contribution in [0, 0.1) is 5.41 Å². The SMILES string of the molecule is CC(C)(C)OC(=O)N1CCC(CO)(C[C@@H](CO)O[Si](C)(C)C(C)(C)C)CC1. The van der Waals surface area contributed by atoms with Gasteiger partial charge in [-0.1, -0.05) is 20.8 Å². The highest BCUT2D eigenvalue weighted by Gasteiger charge is 2.43. The summed E-state index contributed by atoms with van der Waals surface area (Å²) in [6.07, 6.45) is 1.38. The third-order valence-corrected chi connectivity index (χ3v) is 10.5. The van der Waals surface area contributed by atoms with Crippen molar-refractivity contribution in [3.63, 3.8) is 0 Å². The molecule has 6 nitrogen and oxygen atoms in total. The van der Waals surface area contributed by atoms with E-state index in [-0.39, 0.29) is 35.9 Å². The lowest BCUT2D eigenvalue weighted by Crippen LogP contribution is -2.50. The molecule has 1 heterocycles. The van der Waals surface area contributed by atoms with E-state index in [1.54, 1.807) is 4.90 Å². The lowest BCUT2D eigenvalue weighted by Gasteiger charge is -2.45. The summed E-state index contributed by atoms with van der Waals surface area (Å²) in [5.41, 5.74) is -0.837. The predicted octanol–water partition coefficient (Wildman–Crippen LogP) is 3.77. The molecule has 160 valence electrons. The molecule has 0 aromatic rings. The molecule has 0 radical (unpaired) electrons. The summed E-state index contributed by atoms with van der Waals surface area (Å²) in [7, 11) is -2.00. The van der Waals surface area contributed by atoms with Crippen LogP contribution >= 0.6 is 0 Å². The van der Waals surface area contributed by atoms with Gasteiger partial charge in [0.05, 0.1) is 12.7 Å². The van der Waals surface area contributed by atoms with Crippen molar-refractivity contribution in [1.82, 2.24) is 4.90 Å². The van der Waals surface area contributed by atoms with Crippen LogP contribution in [-0.4, -0.2) is 67.5 Å². The molecule has 1 saturated heterocycles. The minimum absolute atomic E-state index is 0.0342. The van der Waals surface area contributed by atoms with Gasteiger partial charge < -0.3 is 24.3 Å². The van der Waals surface area contributed by atoms with Crippen molar-refractivity contribution in [3.8, 4) is 0 Å². The second-order valence-electron chi connectivity index (χ2n) is 10.5. The molecule has 1 amide bonds.